The van der Waals surface area contributed by atoms with Gasteiger partial charge in [0.25, 0.3) is 0 Å². The molecule has 0 saturated carbocycles. The fourth-order valence-corrected chi connectivity index (χ4v) is 2.84. The Morgan fingerprint density at radius 3 is 2.38 bits per heavy atom. The van der Waals surface area contributed by atoms with E-state index < -0.39 is 0 Å². The maximum atomic E-state index is 11.8. The summed E-state index contributed by atoms with van der Waals surface area (Å²) in [7, 11) is 3.64. The van der Waals surface area contributed by atoms with Crippen molar-refractivity contribution in [3.8, 4) is 0 Å². The van der Waals surface area contributed by atoms with Gasteiger partial charge in [-0.05, 0) is 25.0 Å². The molecule has 0 fully saturated rings. The molecule has 90 valence electrons. The fraction of sp³-hybridized carbons (Fsp3) is 0.615. The first kappa shape index (κ1) is 13.2. The van der Waals surface area contributed by atoms with E-state index in [1.807, 2.05) is 25.4 Å². The van der Waals surface area contributed by atoms with Crippen LogP contribution in [0.25, 0.3) is 0 Å². The van der Waals surface area contributed by atoms with Crippen LogP contribution in [0.4, 0.5) is 0 Å². The molecule has 0 spiro atoms. The van der Waals surface area contributed by atoms with E-state index in [4.69, 9.17) is 0 Å². The van der Waals surface area contributed by atoms with E-state index in [1.165, 1.54) is 9.75 Å². The molecular weight excluding hydrogens is 218 g/mol. The van der Waals surface area contributed by atoms with Gasteiger partial charge in [0, 0.05) is 36.2 Å². The van der Waals surface area contributed by atoms with Crippen LogP contribution in [0.15, 0.2) is 12.1 Å². The molecule has 0 saturated heterocycles. The first-order valence-corrected chi connectivity index (χ1v) is 6.50. The van der Waals surface area contributed by atoms with Crippen LogP contribution >= 0.6 is 11.3 Å². The van der Waals surface area contributed by atoms with Crippen molar-refractivity contribution in [2.24, 2.45) is 5.92 Å². The van der Waals surface area contributed by atoms with Crippen LogP contribution in [-0.4, -0.2) is 24.9 Å². The summed E-state index contributed by atoms with van der Waals surface area (Å²) in [5.74, 6) is 1.07. The highest BCUT2D eigenvalue weighted by Crippen LogP contribution is 2.33. The Morgan fingerprint density at radius 1 is 1.38 bits per heavy atom. The highest BCUT2D eigenvalue weighted by molar-refractivity contribution is 7.12. The van der Waals surface area contributed by atoms with Crippen LogP contribution in [-0.2, 0) is 4.79 Å². The number of carbonyl (C=O) groups excluding carboxylic acids is 1. The average molecular weight is 239 g/mol. The molecule has 1 rings (SSSR count). The SMILES string of the molecule is Cc1ccc(C(CC(=O)N(C)C)C(C)C)s1. The van der Waals surface area contributed by atoms with E-state index in [-0.39, 0.29) is 5.91 Å². The maximum Gasteiger partial charge on any atom is 0.222 e. The second-order valence-electron chi connectivity index (χ2n) is 4.79. The molecule has 0 radical (unpaired) electrons. The van der Waals surface area contributed by atoms with Gasteiger partial charge in [0.05, 0.1) is 0 Å². The molecule has 0 aliphatic rings. The van der Waals surface area contributed by atoms with Gasteiger partial charge in [0.2, 0.25) is 5.91 Å². The average Bonchev–Trinajstić information content (AvgIpc) is 2.59. The lowest BCUT2D eigenvalue weighted by molar-refractivity contribution is -0.129. The van der Waals surface area contributed by atoms with Gasteiger partial charge in [-0.3, -0.25) is 4.79 Å². The van der Waals surface area contributed by atoms with Crippen molar-refractivity contribution >= 4 is 17.2 Å². The fourth-order valence-electron chi connectivity index (χ4n) is 1.69. The summed E-state index contributed by atoms with van der Waals surface area (Å²) < 4.78 is 0. The maximum absolute atomic E-state index is 11.8. The minimum Gasteiger partial charge on any atom is -0.349 e. The Hall–Kier alpha value is -0.830. The molecule has 0 aliphatic heterocycles. The molecule has 16 heavy (non-hydrogen) atoms. The Labute approximate surface area is 102 Å². The molecule has 1 heterocycles. The minimum absolute atomic E-state index is 0.213. The van der Waals surface area contributed by atoms with Crippen molar-refractivity contribution in [2.75, 3.05) is 14.1 Å². The van der Waals surface area contributed by atoms with Gasteiger partial charge < -0.3 is 4.90 Å². The molecule has 3 heteroatoms. The van der Waals surface area contributed by atoms with Gasteiger partial charge in [0.1, 0.15) is 0 Å². The molecule has 0 N–H and O–H groups in total. The normalized spacial score (nSPS) is 12.9. The van der Waals surface area contributed by atoms with Crippen LogP contribution in [0.3, 0.4) is 0 Å². The minimum atomic E-state index is 0.213. The smallest absolute Gasteiger partial charge is 0.222 e. The predicted octanol–water partition coefficient (Wildman–Crippen LogP) is 3.27. The van der Waals surface area contributed by atoms with Gasteiger partial charge in [-0.2, -0.15) is 0 Å². The quantitative estimate of drug-likeness (QED) is 0.789. The highest BCUT2D eigenvalue weighted by atomic mass is 32.1. The van der Waals surface area contributed by atoms with Crippen LogP contribution in [0.1, 0.15) is 35.9 Å². The van der Waals surface area contributed by atoms with E-state index in [9.17, 15) is 4.79 Å². The molecule has 0 aliphatic carbocycles. The molecule has 0 bridgehead atoms. The Balaban J connectivity index is 2.80. The van der Waals surface area contributed by atoms with Gasteiger partial charge in [0.15, 0.2) is 0 Å². The molecule has 1 unspecified atom stereocenters. The van der Waals surface area contributed by atoms with Crippen molar-refractivity contribution in [3.63, 3.8) is 0 Å². The Kier molecular flexibility index (Phi) is 4.54. The lowest BCUT2D eigenvalue weighted by Gasteiger charge is -2.21. The van der Waals surface area contributed by atoms with E-state index in [2.05, 4.69) is 32.9 Å². The molecule has 2 nitrogen and oxygen atoms in total. The molecule has 1 aromatic heterocycles. The standard InChI is InChI=1S/C13H21NOS/c1-9(2)11(8-13(15)14(4)5)12-7-6-10(3)16-12/h6-7,9,11H,8H2,1-5H3. The number of rotatable bonds is 4. The summed E-state index contributed by atoms with van der Waals surface area (Å²) in [5.41, 5.74) is 0. The van der Waals surface area contributed by atoms with Crippen LogP contribution in [0, 0.1) is 12.8 Å². The van der Waals surface area contributed by atoms with E-state index in [0.717, 1.165) is 0 Å². The third-order valence-electron chi connectivity index (χ3n) is 2.82. The number of hydrogen-bond acceptors (Lipinski definition) is 2. The predicted molar refractivity (Wildman–Crippen MR) is 69.9 cm³/mol. The first-order valence-electron chi connectivity index (χ1n) is 5.68. The monoisotopic (exact) mass is 239 g/mol. The summed E-state index contributed by atoms with van der Waals surface area (Å²) in [6, 6.07) is 4.29. The molecular formula is C13H21NOS. The third kappa shape index (κ3) is 3.34. The van der Waals surface area contributed by atoms with E-state index >= 15 is 0 Å². The zero-order valence-corrected chi connectivity index (χ0v) is 11.6. The topological polar surface area (TPSA) is 20.3 Å². The van der Waals surface area contributed by atoms with Gasteiger partial charge in [-0.1, -0.05) is 13.8 Å². The van der Waals surface area contributed by atoms with Gasteiger partial charge >= 0.3 is 0 Å². The van der Waals surface area contributed by atoms with Crippen LogP contribution < -0.4 is 0 Å². The molecule has 1 atom stereocenters. The summed E-state index contributed by atoms with van der Waals surface area (Å²) >= 11 is 1.81. The molecule has 1 amide bonds. The summed E-state index contributed by atoms with van der Waals surface area (Å²) in [6.07, 6.45) is 0.616. The first-order chi connectivity index (χ1) is 7.41. The van der Waals surface area contributed by atoms with E-state index in [1.54, 1.807) is 4.90 Å². The zero-order chi connectivity index (χ0) is 12.3. The largest absolute Gasteiger partial charge is 0.349 e. The lowest BCUT2D eigenvalue weighted by atomic mass is 9.90. The summed E-state index contributed by atoms with van der Waals surface area (Å²) in [4.78, 5) is 16.1. The zero-order valence-electron chi connectivity index (χ0n) is 10.8. The lowest BCUT2D eigenvalue weighted by Crippen LogP contribution is -2.24. The van der Waals surface area contributed by atoms with Crippen molar-refractivity contribution in [1.29, 1.82) is 0 Å². The summed E-state index contributed by atoms with van der Waals surface area (Å²) in [6.45, 7) is 6.48. The van der Waals surface area contributed by atoms with Crippen molar-refractivity contribution < 1.29 is 4.79 Å². The van der Waals surface area contributed by atoms with Gasteiger partial charge in [-0.15, -0.1) is 11.3 Å². The second-order valence-corrected chi connectivity index (χ2v) is 6.11. The summed E-state index contributed by atoms with van der Waals surface area (Å²) in [5, 5.41) is 0. The van der Waals surface area contributed by atoms with Crippen LogP contribution in [0.2, 0.25) is 0 Å². The Bertz CT molecular complexity index is 355. The Morgan fingerprint density at radius 2 is 2.00 bits per heavy atom. The van der Waals surface area contributed by atoms with Gasteiger partial charge in [-0.25, -0.2) is 0 Å². The third-order valence-corrected chi connectivity index (χ3v) is 3.96. The number of carbonyl (C=O) groups is 1. The number of aryl methyl sites for hydroxylation is 1. The number of nitrogens with zero attached hydrogens (tertiary/aromatic N) is 1. The molecule has 0 aromatic carbocycles. The number of amides is 1. The second kappa shape index (κ2) is 5.48. The van der Waals surface area contributed by atoms with Crippen LogP contribution in [0.5, 0.6) is 0 Å². The highest BCUT2D eigenvalue weighted by Gasteiger charge is 2.21. The van der Waals surface area contributed by atoms with Crippen molar-refractivity contribution in [2.45, 2.75) is 33.1 Å². The van der Waals surface area contributed by atoms with Crippen molar-refractivity contribution in [1.82, 2.24) is 4.90 Å². The molecule has 1 aromatic rings. The number of hydrogen-bond donors (Lipinski definition) is 0. The van der Waals surface area contributed by atoms with E-state index in [0.29, 0.717) is 18.3 Å². The van der Waals surface area contributed by atoms with Crippen molar-refractivity contribution in [3.05, 3.63) is 21.9 Å². The number of thiophene rings is 1.